The van der Waals surface area contributed by atoms with Gasteiger partial charge in [0, 0.05) is 11.9 Å². The SMILES string of the molecule is CCn1nc(C(=O)NC(C)c2ccco2)c2ccccc2c1=O. The maximum atomic E-state index is 12.6. The lowest BCUT2D eigenvalue weighted by Crippen LogP contribution is -2.31. The summed E-state index contributed by atoms with van der Waals surface area (Å²) >= 11 is 0. The minimum Gasteiger partial charge on any atom is -0.467 e. The summed E-state index contributed by atoms with van der Waals surface area (Å²) in [6.07, 6.45) is 1.56. The van der Waals surface area contributed by atoms with E-state index in [1.54, 1.807) is 42.7 Å². The van der Waals surface area contributed by atoms with Gasteiger partial charge in [-0.15, -0.1) is 0 Å². The molecule has 0 aliphatic carbocycles. The fourth-order valence-corrected chi connectivity index (χ4v) is 2.49. The zero-order chi connectivity index (χ0) is 16.4. The standard InChI is InChI=1S/C17H17N3O3/c1-3-20-17(22)13-8-5-4-7-12(13)15(19-20)16(21)18-11(2)14-9-6-10-23-14/h4-11H,3H2,1-2H3,(H,18,21). The van der Waals surface area contributed by atoms with E-state index in [1.165, 1.54) is 4.68 Å². The molecule has 3 rings (SSSR count). The molecule has 0 bridgehead atoms. The first kappa shape index (κ1) is 15.0. The van der Waals surface area contributed by atoms with Gasteiger partial charge in [0.25, 0.3) is 11.5 Å². The van der Waals surface area contributed by atoms with Crippen molar-refractivity contribution in [3.63, 3.8) is 0 Å². The maximum Gasteiger partial charge on any atom is 0.274 e. The Balaban J connectivity index is 2.03. The number of aromatic nitrogens is 2. The Labute approximate surface area is 132 Å². The Morgan fingerprint density at radius 2 is 2.00 bits per heavy atom. The third kappa shape index (κ3) is 2.75. The molecular weight excluding hydrogens is 294 g/mol. The third-order valence-electron chi connectivity index (χ3n) is 3.70. The molecular formula is C17H17N3O3. The number of nitrogens with zero attached hydrogens (tertiary/aromatic N) is 2. The number of amides is 1. The van der Waals surface area contributed by atoms with E-state index in [9.17, 15) is 9.59 Å². The molecule has 2 aromatic heterocycles. The van der Waals surface area contributed by atoms with Crippen molar-refractivity contribution in [1.82, 2.24) is 15.1 Å². The molecule has 0 fully saturated rings. The topological polar surface area (TPSA) is 77.1 Å². The zero-order valence-electron chi connectivity index (χ0n) is 12.9. The molecule has 3 aromatic rings. The molecule has 1 aromatic carbocycles. The predicted octanol–water partition coefficient (Wildman–Crippen LogP) is 2.50. The second-order valence-electron chi connectivity index (χ2n) is 5.23. The van der Waals surface area contributed by atoms with Crippen LogP contribution in [-0.4, -0.2) is 15.7 Å². The summed E-state index contributed by atoms with van der Waals surface area (Å²) in [4.78, 5) is 24.9. The lowest BCUT2D eigenvalue weighted by Gasteiger charge is -2.13. The Morgan fingerprint density at radius 3 is 2.65 bits per heavy atom. The number of fused-ring (bicyclic) bond motifs is 1. The molecule has 0 saturated heterocycles. The van der Waals surface area contributed by atoms with Crippen LogP contribution in [0, 0.1) is 0 Å². The highest BCUT2D eigenvalue weighted by atomic mass is 16.3. The first-order valence-electron chi connectivity index (χ1n) is 7.46. The lowest BCUT2D eigenvalue weighted by atomic mass is 10.1. The van der Waals surface area contributed by atoms with E-state index in [1.807, 2.05) is 13.8 Å². The molecule has 6 nitrogen and oxygen atoms in total. The van der Waals surface area contributed by atoms with Gasteiger partial charge >= 0.3 is 0 Å². The third-order valence-corrected chi connectivity index (χ3v) is 3.70. The molecule has 2 heterocycles. The van der Waals surface area contributed by atoms with Gasteiger partial charge in [0.2, 0.25) is 0 Å². The van der Waals surface area contributed by atoms with Gasteiger partial charge in [0.15, 0.2) is 5.69 Å². The first-order valence-corrected chi connectivity index (χ1v) is 7.46. The monoisotopic (exact) mass is 311 g/mol. The average molecular weight is 311 g/mol. The Hall–Kier alpha value is -2.89. The van der Waals surface area contributed by atoms with Crippen LogP contribution in [0.25, 0.3) is 10.8 Å². The molecule has 1 atom stereocenters. The van der Waals surface area contributed by atoms with Crippen LogP contribution < -0.4 is 10.9 Å². The van der Waals surface area contributed by atoms with E-state index < -0.39 is 0 Å². The number of rotatable bonds is 4. The summed E-state index contributed by atoms with van der Waals surface area (Å²) in [5, 5.41) is 8.10. The second kappa shape index (κ2) is 6.08. The Bertz CT molecular complexity index is 897. The van der Waals surface area contributed by atoms with Crippen molar-refractivity contribution in [1.29, 1.82) is 0 Å². The molecule has 0 aliphatic rings. The van der Waals surface area contributed by atoms with E-state index in [2.05, 4.69) is 10.4 Å². The molecule has 0 aliphatic heterocycles. The fourth-order valence-electron chi connectivity index (χ4n) is 2.49. The highest BCUT2D eigenvalue weighted by Crippen LogP contribution is 2.16. The number of furan rings is 1. The Morgan fingerprint density at radius 1 is 1.26 bits per heavy atom. The Kier molecular flexibility index (Phi) is 3.97. The second-order valence-corrected chi connectivity index (χ2v) is 5.23. The van der Waals surface area contributed by atoms with Gasteiger partial charge in [0.1, 0.15) is 5.76 Å². The van der Waals surface area contributed by atoms with Gasteiger partial charge in [-0.25, -0.2) is 4.68 Å². The van der Waals surface area contributed by atoms with E-state index in [0.717, 1.165) is 0 Å². The predicted molar refractivity (Wildman–Crippen MR) is 86.3 cm³/mol. The van der Waals surface area contributed by atoms with Gasteiger partial charge in [-0.2, -0.15) is 5.10 Å². The van der Waals surface area contributed by atoms with Crippen molar-refractivity contribution < 1.29 is 9.21 Å². The highest BCUT2D eigenvalue weighted by molar-refractivity contribution is 6.04. The smallest absolute Gasteiger partial charge is 0.274 e. The van der Waals surface area contributed by atoms with Crippen LogP contribution in [0.4, 0.5) is 0 Å². The first-order chi connectivity index (χ1) is 11.1. The average Bonchev–Trinajstić information content (AvgIpc) is 3.10. The number of carbonyl (C=O) groups is 1. The number of carbonyl (C=O) groups excluding carboxylic acids is 1. The fraction of sp³-hybridized carbons (Fsp3) is 0.235. The summed E-state index contributed by atoms with van der Waals surface area (Å²) in [7, 11) is 0. The molecule has 23 heavy (non-hydrogen) atoms. The molecule has 6 heteroatoms. The minimum atomic E-state index is -0.340. The molecule has 1 N–H and O–H groups in total. The van der Waals surface area contributed by atoms with E-state index >= 15 is 0 Å². The zero-order valence-corrected chi connectivity index (χ0v) is 12.9. The van der Waals surface area contributed by atoms with Crippen LogP contribution in [0.2, 0.25) is 0 Å². The maximum absolute atomic E-state index is 12.6. The van der Waals surface area contributed by atoms with E-state index in [0.29, 0.717) is 23.1 Å². The highest BCUT2D eigenvalue weighted by Gasteiger charge is 2.19. The van der Waals surface area contributed by atoms with E-state index in [-0.39, 0.29) is 23.2 Å². The molecule has 0 radical (unpaired) electrons. The van der Waals surface area contributed by atoms with Crippen molar-refractivity contribution in [3.8, 4) is 0 Å². The summed E-state index contributed by atoms with van der Waals surface area (Å²) in [6, 6.07) is 10.3. The number of nitrogens with one attached hydrogen (secondary N) is 1. The van der Waals surface area contributed by atoms with Gasteiger partial charge in [-0.05, 0) is 32.0 Å². The molecule has 0 saturated carbocycles. The molecule has 1 amide bonds. The van der Waals surface area contributed by atoms with Crippen molar-refractivity contribution in [2.75, 3.05) is 0 Å². The van der Waals surface area contributed by atoms with Crippen molar-refractivity contribution in [2.45, 2.75) is 26.4 Å². The van der Waals surface area contributed by atoms with E-state index in [4.69, 9.17) is 4.42 Å². The van der Waals surface area contributed by atoms with Crippen LogP contribution >= 0.6 is 0 Å². The lowest BCUT2D eigenvalue weighted by molar-refractivity contribution is 0.0930. The normalized spacial score (nSPS) is 12.3. The van der Waals surface area contributed by atoms with Gasteiger partial charge in [0.05, 0.1) is 17.7 Å². The van der Waals surface area contributed by atoms with Crippen LogP contribution in [-0.2, 0) is 6.54 Å². The minimum absolute atomic E-state index is 0.196. The quantitative estimate of drug-likeness (QED) is 0.803. The molecule has 118 valence electrons. The van der Waals surface area contributed by atoms with Crippen molar-refractivity contribution in [3.05, 3.63) is 64.5 Å². The van der Waals surface area contributed by atoms with Gasteiger partial charge in [-0.1, -0.05) is 18.2 Å². The molecule has 1 unspecified atom stereocenters. The summed E-state index contributed by atoms with van der Waals surface area (Å²) in [6.45, 7) is 4.04. The van der Waals surface area contributed by atoms with Crippen LogP contribution in [0.5, 0.6) is 0 Å². The van der Waals surface area contributed by atoms with Crippen molar-refractivity contribution >= 4 is 16.7 Å². The summed E-state index contributed by atoms with van der Waals surface area (Å²) < 4.78 is 6.59. The van der Waals surface area contributed by atoms with Gasteiger partial charge in [-0.3, -0.25) is 9.59 Å². The number of benzene rings is 1. The summed E-state index contributed by atoms with van der Waals surface area (Å²) in [5.74, 6) is 0.318. The largest absolute Gasteiger partial charge is 0.467 e. The van der Waals surface area contributed by atoms with Crippen LogP contribution in [0.3, 0.4) is 0 Å². The van der Waals surface area contributed by atoms with Gasteiger partial charge < -0.3 is 9.73 Å². The number of hydrogen-bond donors (Lipinski definition) is 1. The molecule has 0 spiro atoms. The number of hydrogen-bond acceptors (Lipinski definition) is 4. The van der Waals surface area contributed by atoms with Crippen LogP contribution in [0.1, 0.15) is 36.1 Å². The summed E-state index contributed by atoms with van der Waals surface area (Å²) in [5.41, 5.74) is 0.0409. The van der Waals surface area contributed by atoms with Crippen LogP contribution in [0.15, 0.2) is 51.9 Å². The number of aryl methyl sites for hydroxylation is 1. The van der Waals surface area contributed by atoms with Crippen molar-refractivity contribution in [2.24, 2.45) is 0 Å².